The number of hydrogen-bond donors (Lipinski definition) is 3. The van der Waals surface area contributed by atoms with Crippen molar-refractivity contribution >= 4 is 34.1 Å². The average Bonchev–Trinajstić information content (AvgIpc) is 3.21. The Hall–Kier alpha value is -3.39. The molecule has 2 aromatic heterocycles. The number of imidazole rings is 1. The van der Waals surface area contributed by atoms with Crippen LogP contribution < -0.4 is 16.2 Å². The number of hydrogen-bond acceptors (Lipinski definition) is 3. The number of nitrogens with zero attached hydrogens (tertiary/aromatic N) is 3. The van der Waals surface area contributed by atoms with Crippen LogP contribution in [0.3, 0.4) is 0 Å². The molecule has 0 spiro atoms. The Kier molecular flexibility index (Phi) is 4.70. The van der Waals surface area contributed by atoms with E-state index < -0.39 is 0 Å². The fourth-order valence-corrected chi connectivity index (χ4v) is 3.30. The fourth-order valence-electron chi connectivity index (χ4n) is 3.12. The second-order valence-corrected chi connectivity index (χ2v) is 6.85. The third-order valence-electron chi connectivity index (χ3n) is 4.65. The number of benzene rings is 2. The highest BCUT2D eigenvalue weighted by molar-refractivity contribution is 7.80. The van der Waals surface area contributed by atoms with E-state index in [-0.39, 0.29) is 5.56 Å². The zero-order chi connectivity index (χ0) is 19.7. The van der Waals surface area contributed by atoms with Crippen LogP contribution in [0.4, 0.5) is 5.69 Å². The molecule has 4 rings (SSSR count). The number of anilines is 1. The summed E-state index contributed by atoms with van der Waals surface area (Å²) in [6.45, 7) is 2.31. The summed E-state index contributed by atoms with van der Waals surface area (Å²) in [6, 6.07) is 17.3. The molecule has 3 N–H and O–H groups in total. The van der Waals surface area contributed by atoms with Crippen LogP contribution in [0.1, 0.15) is 11.5 Å². The zero-order valence-electron chi connectivity index (χ0n) is 15.6. The number of aromatic amines is 1. The predicted molar refractivity (Wildman–Crippen MR) is 115 cm³/mol. The molecule has 142 valence electrons. The lowest BCUT2D eigenvalue weighted by Crippen LogP contribution is -2.31. The molecule has 0 saturated heterocycles. The van der Waals surface area contributed by atoms with Crippen LogP contribution in [0, 0.1) is 6.92 Å². The van der Waals surface area contributed by atoms with E-state index in [2.05, 4.69) is 20.6 Å². The first-order chi connectivity index (χ1) is 13.5. The largest absolute Gasteiger partial charge is 0.355 e. The van der Waals surface area contributed by atoms with Gasteiger partial charge in [-0.2, -0.15) is 0 Å². The van der Waals surface area contributed by atoms with Crippen LogP contribution in [-0.2, 0) is 13.6 Å². The highest BCUT2D eigenvalue weighted by atomic mass is 32.1. The second kappa shape index (κ2) is 7.32. The highest BCUT2D eigenvalue weighted by Gasteiger charge is 2.17. The van der Waals surface area contributed by atoms with Gasteiger partial charge in [-0.3, -0.25) is 9.48 Å². The highest BCUT2D eigenvalue weighted by Crippen LogP contribution is 2.14. The van der Waals surface area contributed by atoms with E-state index in [4.69, 9.17) is 12.2 Å². The van der Waals surface area contributed by atoms with Gasteiger partial charge in [0.2, 0.25) is 0 Å². The first-order valence-electron chi connectivity index (χ1n) is 8.87. The average molecular weight is 392 g/mol. The smallest absolute Gasteiger partial charge is 0.295 e. The van der Waals surface area contributed by atoms with Gasteiger partial charge in [-0.15, -0.1) is 0 Å². The molecule has 0 atom stereocenters. The molecule has 0 unspecified atom stereocenters. The molecule has 0 fully saturated rings. The van der Waals surface area contributed by atoms with Gasteiger partial charge in [0.15, 0.2) is 5.11 Å². The topological polar surface area (TPSA) is 79.7 Å². The van der Waals surface area contributed by atoms with E-state index in [0.717, 1.165) is 28.2 Å². The lowest BCUT2D eigenvalue weighted by atomic mass is 10.3. The monoisotopic (exact) mass is 392 g/mol. The van der Waals surface area contributed by atoms with Crippen molar-refractivity contribution in [3.05, 3.63) is 76.5 Å². The molecule has 0 saturated carbocycles. The van der Waals surface area contributed by atoms with E-state index in [0.29, 0.717) is 17.3 Å². The van der Waals surface area contributed by atoms with Gasteiger partial charge in [0.25, 0.3) is 5.56 Å². The summed E-state index contributed by atoms with van der Waals surface area (Å²) < 4.78 is 3.42. The van der Waals surface area contributed by atoms with Crippen LogP contribution in [0.25, 0.3) is 16.7 Å². The zero-order valence-corrected chi connectivity index (χ0v) is 16.4. The molecule has 0 aliphatic carbocycles. The minimum atomic E-state index is -0.154. The number of fused-ring (bicyclic) bond motifs is 1. The molecular weight excluding hydrogens is 372 g/mol. The molecular formula is C20H20N6OS. The Morgan fingerprint density at radius 2 is 1.86 bits per heavy atom. The van der Waals surface area contributed by atoms with Crippen LogP contribution in [0.2, 0.25) is 0 Å². The number of nitrogens with one attached hydrogen (secondary N) is 3. The van der Waals surface area contributed by atoms with Crippen LogP contribution >= 0.6 is 12.2 Å². The third-order valence-corrected chi connectivity index (χ3v) is 4.89. The van der Waals surface area contributed by atoms with Crippen molar-refractivity contribution in [1.82, 2.24) is 24.6 Å². The Labute approximate surface area is 167 Å². The van der Waals surface area contributed by atoms with Crippen molar-refractivity contribution in [3.63, 3.8) is 0 Å². The summed E-state index contributed by atoms with van der Waals surface area (Å²) in [5, 5.41) is 6.51. The summed E-state index contributed by atoms with van der Waals surface area (Å²) in [4.78, 5) is 20.7. The van der Waals surface area contributed by atoms with E-state index in [1.807, 2.05) is 73.3 Å². The van der Waals surface area contributed by atoms with E-state index in [9.17, 15) is 4.79 Å². The van der Waals surface area contributed by atoms with E-state index in [1.165, 1.54) is 0 Å². The normalized spacial score (nSPS) is 10.9. The summed E-state index contributed by atoms with van der Waals surface area (Å²) >= 11 is 5.38. The van der Waals surface area contributed by atoms with Crippen molar-refractivity contribution in [2.24, 2.45) is 7.05 Å². The van der Waals surface area contributed by atoms with Crippen molar-refractivity contribution in [3.8, 4) is 5.69 Å². The minimum absolute atomic E-state index is 0.154. The molecule has 2 aromatic carbocycles. The van der Waals surface area contributed by atoms with Crippen LogP contribution in [0.15, 0.2) is 59.4 Å². The molecule has 28 heavy (non-hydrogen) atoms. The van der Waals surface area contributed by atoms with E-state index in [1.54, 1.807) is 4.68 Å². The number of rotatable bonds is 4. The van der Waals surface area contributed by atoms with Gasteiger partial charge in [-0.1, -0.05) is 30.3 Å². The maximum atomic E-state index is 12.9. The summed E-state index contributed by atoms with van der Waals surface area (Å²) in [5.74, 6) is 0.775. The maximum Gasteiger partial charge on any atom is 0.295 e. The van der Waals surface area contributed by atoms with Gasteiger partial charge in [-0.05, 0) is 43.4 Å². The fraction of sp³-hybridized carbons (Fsp3) is 0.150. The van der Waals surface area contributed by atoms with Gasteiger partial charge in [0.05, 0.1) is 29.0 Å². The molecule has 0 aliphatic rings. The summed E-state index contributed by atoms with van der Waals surface area (Å²) in [5.41, 5.74) is 3.77. The maximum absolute atomic E-state index is 12.9. The Balaban J connectivity index is 1.51. The van der Waals surface area contributed by atoms with E-state index >= 15 is 0 Å². The van der Waals surface area contributed by atoms with Gasteiger partial charge < -0.3 is 15.6 Å². The van der Waals surface area contributed by atoms with Gasteiger partial charge in [0, 0.05) is 7.05 Å². The van der Waals surface area contributed by atoms with Crippen LogP contribution in [-0.4, -0.2) is 24.4 Å². The summed E-state index contributed by atoms with van der Waals surface area (Å²) in [7, 11) is 1.85. The number of H-pyrrole nitrogens is 1. The first kappa shape index (κ1) is 18.0. The molecule has 4 aromatic rings. The van der Waals surface area contributed by atoms with Crippen molar-refractivity contribution in [1.29, 1.82) is 0 Å². The van der Waals surface area contributed by atoms with Gasteiger partial charge in [0.1, 0.15) is 11.5 Å². The molecule has 2 heterocycles. The van der Waals surface area contributed by atoms with Gasteiger partial charge in [-0.25, -0.2) is 9.67 Å². The van der Waals surface area contributed by atoms with Gasteiger partial charge >= 0.3 is 0 Å². The Morgan fingerprint density at radius 1 is 1.14 bits per heavy atom. The summed E-state index contributed by atoms with van der Waals surface area (Å²) in [6.07, 6.45) is 0. The predicted octanol–water partition coefficient (Wildman–Crippen LogP) is 2.85. The van der Waals surface area contributed by atoms with Crippen molar-refractivity contribution in [2.45, 2.75) is 13.5 Å². The van der Waals surface area contributed by atoms with Crippen molar-refractivity contribution in [2.75, 3.05) is 5.32 Å². The second-order valence-electron chi connectivity index (χ2n) is 6.44. The lowest BCUT2D eigenvalue weighted by Gasteiger charge is -2.08. The lowest BCUT2D eigenvalue weighted by molar-refractivity contribution is 0.630. The quantitative estimate of drug-likeness (QED) is 0.466. The SMILES string of the molecule is Cc1c(NC(=S)NCc2nc3ccccc3[nH]2)c(=O)n(-c2ccccc2)n1C. The standard InChI is InChI=1S/C20H20N6OS/c1-13-18(19(27)26(25(13)2)14-8-4-3-5-9-14)24-20(28)21-12-17-22-15-10-6-7-11-16(15)23-17/h3-11H,12H2,1-2H3,(H,22,23)(H2,21,24,28). The molecule has 0 aliphatic heterocycles. The molecule has 0 amide bonds. The third kappa shape index (κ3) is 3.29. The molecule has 8 heteroatoms. The first-order valence-corrected chi connectivity index (χ1v) is 9.28. The number of aromatic nitrogens is 4. The Bertz CT molecular complexity index is 1170. The van der Waals surface area contributed by atoms with Crippen LogP contribution in [0.5, 0.6) is 0 Å². The molecule has 0 bridgehead atoms. The Morgan fingerprint density at radius 3 is 2.61 bits per heavy atom. The molecule has 7 nitrogen and oxygen atoms in total. The minimum Gasteiger partial charge on any atom is -0.355 e. The number of para-hydroxylation sites is 3. The molecule has 0 radical (unpaired) electrons. The number of thiocarbonyl (C=S) groups is 1. The van der Waals surface area contributed by atoms with Crippen molar-refractivity contribution < 1.29 is 0 Å².